The molecule has 1 aliphatic rings. The number of ether oxygens (including phenoxy) is 1. The number of nitrogens with zero attached hydrogens (tertiary/aromatic N) is 1. The van der Waals surface area contributed by atoms with Crippen LogP contribution in [-0.2, 0) is 20.9 Å². The molecular weight excluding hydrogens is 343 g/mol. The summed E-state index contributed by atoms with van der Waals surface area (Å²) >= 11 is 0. The van der Waals surface area contributed by atoms with Gasteiger partial charge in [-0.2, -0.15) is 0 Å². The number of carbonyl (C=O) groups excluding carboxylic acids is 2. The number of hydrogen-bond donors (Lipinski definition) is 2. The number of hydrogen-bond acceptors (Lipinski definition) is 4. The summed E-state index contributed by atoms with van der Waals surface area (Å²) in [4.78, 5) is 37.2. The molecule has 2 amide bonds. The Morgan fingerprint density at radius 2 is 1.85 bits per heavy atom. The van der Waals surface area contributed by atoms with E-state index in [-0.39, 0.29) is 57.4 Å². The number of carboxylic acid groups (broad SMARTS) is 1. The number of aliphatic carboxylic acids is 1. The number of piperidine rings is 1. The van der Waals surface area contributed by atoms with Crippen LogP contribution in [0.2, 0.25) is 0 Å². The maximum absolute atomic E-state index is 12.9. The van der Waals surface area contributed by atoms with Crippen molar-refractivity contribution in [3.05, 3.63) is 35.6 Å². The Morgan fingerprint density at radius 1 is 1.23 bits per heavy atom. The molecule has 0 unspecified atom stereocenters. The van der Waals surface area contributed by atoms with Gasteiger partial charge in [-0.3, -0.25) is 9.59 Å². The number of halogens is 1. The third kappa shape index (κ3) is 4.93. The molecule has 0 saturated carbocycles. The SMILES string of the molecule is CCOC(=O)C1(CC(=O)O)CCN(C(=O)NCc2ccc(F)cc2)CC1. The van der Waals surface area contributed by atoms with Crippen LogP contribution in [0.1, 0.15) is 31.7 Å². The van der Waals surface area contributed by atoms with Gasteiger partial charge in [-0.15, -0.1) is 0 Å². The van der Waals surface area contributed by atoms with Crippen molar-refractivity contribution >= 4 is 18.0 Å². The summed E-state index contributed by atoms with van der Waals surface area (Å²) in [5.41, 5.74) is -0.321. The molecule has 1 aromatic carbocycles. The number of urea groups is 1. The first-order valence-corrected chi connectivity index (χ1v) is 8.52. The summed E-state index contributed by atoms with van der Waals surface area (Å²) in [6, 6.07) is 5.51. The van der Waals surface area contributed by atoms with E-state index >= 15 is 0 Å². The van der Waals surface area contributed by atoms with Crippen molar-refractivity contribution in [3.63, 3.8) is 0 Å². The lowest BCUT2D eigenvalue weighted by atomic mass is 9.75. The molecule has 8 heteroatoms. The second-order valence-electron chi connectivity index (χ2n) is 6.34. The Kier molecular flexibility index (Phi) is 6.54. The van der Waals surface area contributed by atoms with E-state index in [1.165, 1.54) is 12.1 Å². The molecular formula is C18H23FN2O5. The molecule has 0 atom stereocenters. The number of benzene rings is 1. The van der Waals surface area contributed by atoms with Crippen molar-refractivity contribution < 1.29 is 28.6 Å². The van der Waals surface area contributed by atoms with Crippen LogP contribution in [0.3, 0.4) is 0 Å². The Bertz CT molecular complexity index is 654. The number of carbonyl (C=O) groups is 3. The number of rotatable bonds is 6. The fraction of sp³-hybridized carbons (Fsp3) is 0.500. The summed E-state index contributed by atoms with van der Waals surface area (Å²) < 4.78 is 17.9. The second kappa shape index (κ2) is 8.64. The van der Waals surface area contributed by atoms with Crippen LogP contribution < -0.4 is 5.32 Å². The molecule has 1 saturated heterocycles. The van der Waals surface area contributed by atoms with Gasteiger partial charge in [0, 0.05) is 19.6 Å². The van der Waals surface area contributed by atoms with Crippen molar-refractivity contribution in [3.8, 4) is 0 Å². The number of carboxylic acids is 1. The molecule has 1 heterocycles. The minimum atomic E-state index is -1.09. The highest BCUT2D eigenvalue weighted by molar-refractivity contribution is 5.83. The van der Waals surface area contributed by atoms with E-state index < -0.39 is 17.4 Å². The molecule has 142 valence electrons. The minimum absolute atomic E-state index is 0.183. The van der Waals surface area contributed by atoms with Gasteiger partial charge in [-0.1, -0.05) is 12.1 Å². The standard InChI is InChI=1S/C18H23FN2O5/c1-2-26-16(24)18(11-15(22)23)7-9-21(10-8-18)17(25)20-12-13-3-5-14(19)6-4-13/h3-6H,2,7-12H2,1H3,(H,20,25)(H,22,23). The van der Waals surface area contributed by atoms with Gasteiger partial charge >= 0.3 is 18.0 Å². The Balaban J connectivity index is 1.92. The van der Waals surface area contributed by atoms with Crippen LogP contribution in [0, 0.1) is 11.2 Å². The smallest absolute Gasteiger partial charge is 0.317 e. The zero-order valence-corrected chi connectivity index (χ0v) is 14.7. The van der Waals surface area contributed by atoms with Crippen LogP contribution in [0.4, 0.5) is 9.18 Å². The number of esters is 1. The first-order chi connectivity index (χ1) is 12.4. The molecule has 26 heavy (non-hydrogen) atoms. The molecule has 0 aliphatic carbocycles. The fourth-order valence-corrected chi connectivity index (χ4v) is 3.06. The van der Waals surface area contributed by atoms with E-state index in [2.05, 4.69) is 5.32 Å². The third-order valence-corrected chi connectivity index (χ3v) is 4.56. The van der Waals surface area contributed by atoms with Crippen molar-refractivity contribution in [1.29, 1.82) is 0 Å². The van der Waals surface area contributed by atoms with E-state index in [0.717, 1.165) is 5.56 Å². The molecule has 0 spiro atoms. The second-order valence-corrected chi connectivity index (χ2v) is 6.34. The van der Waals surface area contributed by atoms with Crippen LogP contribution in [0.5, 0.6) is 0 Å². The first-order valence-electron chi connectivity index (χ1n) is 8.52. The molecule has 1 aliphatic heterocycles. The monoisotopic (exact) mass is 366 g/mol. The number of amides is 2. The van der Waals surface area contributed by atoms with Crippen molar-refractivity contribution in [1.82, 2.24) is 10.2 Å². The lowest BCUT2D eigenvalue weighted by molar-refractivity contribution is -0.163. The molecule has 0 aromatic heterocycles. The van der Waals surface area contributed by atoms with Gasteiger partial charge < -0.3 is 20.1 Å². The van der Waals surface area contributed by atoms with Crippen molar-refractivity contribution in [2.24, 2.45) is 5.41 Å². The van der Waals surface area contributed by atoms with Gasteiger partial charge in [0.2, 0.25) is 0 Å². The summed E-state index contributed by atoms with van der Waals surface area (Å²) in [6.07, 6.45) is 0.168. The zero-order valence-electron chi connectivity index (χ0n) is 14.7. The highest BCUT2D eigenvalue weighted by atomic mass is 19.1. The number of likely N-dealkylation sites (tertiary alicyclic amines) is 1. The zero-order chi connectivity index (χ0) is 19.2. The van der Waals surface area contributed by atoms with Gasteiger partial charge in [-0.25, -0.2) is 9.18 Å². The fourth-order valence-electron chi connectivity index (χ4n) is 3.06. The van der Waals surface area contributed by atoms with E-state index in [0.29, 0.717) is 0 Å². The number of nitrogens with one attached hydrogen (secondary N) is 1. The average Bonchev–Trinajstić information content (AvgIpc) is 2.61. The van der Waals surface area contributed by atoms with E-state index in [1.807, 2.05) is 0 Å². The topological polar surface area (TPSA) is 95.9 Å². The van der Waals surface area contributed by atoms with Crippen LogP contribution in [0.15, 0.2) is 24.3 Å². The Labute approximate surface area is 151 Å². The van der Waals surface area contributed by atoms with Crippen LogP contribution in [-0.4, -0.2) is 47.7 Å². The molecule has 7 nitrogen and oxygen atoms in total. The highest BCUT2D eigenvalue weighted by Gasteiger charge is 2.45. The highest BCUT2D eigenvalue weighted by Crippen LogP contribution is 2.36. The van der Waals surface area contributed by atoms with Gasteiger partial charge in [0.25, 0.3) is 0 Å². The molecule has 1 aromatic rings. The molecule has 2 N–H and O–H groups in total. The van der Waals surface area contributed by atoms with E-state index in [9.17, 15) is 18.8 Å². The summed E-state index contributed by atoms with van der Waals surface area (Å²) in [5, 5.41) is 11.9. The van der Waals surface area contributed by atoms with E-state index in [4.69, 9.17) is 9.84 Å². The summed E-state index contributed by atoms with van der Waals surface area (Å²) in [5.74, 6) is -1.93. The van der Waals surface area contributed by atoms with Crippen LogP contribution >= 0.6 is 0 Å². The maximum atomic E-state index is 12.9. The minimum Gasteiger partial charge on any atom is -0.481 e. The summed E-state index contributed by atoms with van der Waals surface area (Å²) in [6.45, 7) is 2.64. The Morgan fingerprint density at radius 3 is 2.38 bits per heavy atom. The third-order valence-electron chi connectivity index (χ3n) is 4.56. The lowest BCUT2D eigenvalue weighted by Gasteiger charge is -2.38. The molecule has 0 radical (unpaired) electrons. The average molecular weight is 366 g/mol. The van der Waals surface area contributed by atoms with Gasteiger partial charge in [-0.05, 0) is 37.5 Å². The van der Waals surface area contributed by atoms with Gasteiger partial charge in [0.05, 0.1) is 18.4 Å². The predicted octanol–water partition coefficient (Wildman–Crippen LogP) is 2.16. The predicted molar refractivity (Wildman–Crippen MR) is 90.8 cm³/mol. The molecule has 1 fully saturated rings. The first kappa shape index (κ1) is 19.7. The largest absolute Gasteiger partial charge is 0.481 e. The normalized spacial score (nSPS) is 16.0. The van der Waals surface area contributed by atoms with Gasteiger partial charge in [0.1, 0.15) is 5.82 Å². The lowest BCUT2D eigenvalue weighted by Crippen LogP contribution is -2.50. The quantitative estimate of drug-likeness (QED) is 0.752. The summed E-state index contributed by atoms with van der Waals surface area (Å²) in [7, 11) is 0. The van der Waals surface area contributed by atoms with Gasteiger partial charge in [0.15, 0.2) is 0 Å². The van der Waals surface area contributed by atoms with Crippen molar-refractivity contribution in [2.75, 3.05) is 19.7 Å². The Hall–Kier alpha value is -2.64. The van der Waals surface area contributed by atoms with Crippen LogP contribution in [0.25, 0.3) is 0 Å². The van der Waals surface area contributed by atoms with E-state index in [1.54, 1.807) is 24.0 Å². The molecule has 2 rings (SSSR count). The van der Waals surface area contributed by atoms with Crippen molar-refractivity contribution in [2.45, 2.75) is 32.7 Å². The maximum Gasteiger partial charge on any atom is 0.317 e. The molecule has 0 bridgehead atoms.